The maximum atomic E-state index is 13.8. The van der Waals surface area contributed by atoms with Crippen LogP contribution in [0.3, 0.4) is 0 Å². The van der Waals surface area contributed by atoms with Crippen molar-refractivity contribution in [2.45, 2.75) is 24.5 Å². The average Bonchev–Trinajstić information content (AvgIpc) is 3.69. The van der Waals surface area contributed by atoms with E-state index >= 15 is 0 Å². The molecule has 0 aromatic heterocycles. The topological polar surface area (TPSA) is 98.0 Å². The number of carbonyl (C=O) groups is 3. The van der Waals surface area contributed by atoms with E-state index < -0.39 is 23.9 Å². The van der Waals surface area contributed by atoms with Gasteiger partial charge in [-0.3, -0.25) is 19.4 Å². The Morgan fingerprint density at radius 1 is 0.854 bits per heavy atom. The minimum atomic E-state index is -1.00. The fraction of sp³-hybridized carbons (Fsp3) is 0.161. The zero-order valence-electron chi connectivity index (χ0n) is 21.7. The molecule has 0 radical (unpaired) electrons. The summed E-state index contributed by atoms with van der Waals surface area (Å²) < 4.78 is 0.953. The van der Waals surface area contributed by atoms with Crippen LogP contribution in [0.2, 0.25) is 0 Å². The first-order valence-corrected chi connectivity index (χ1v) is 14.0. The molecule has 9 nitrogen and oxygen atoms in total. The van der Waals surface area contributed by atoms with Gasteiger partial charge in [0, 0.05) is 16.3 Å². The number of hydrazone groups is 1. The number of hydrogen-bond donors (Lipinski definition) is 0. The molecule has 3 amide bonds. The number of nitrogens with zero attached hydrogens (tertiary/aromatic N) is 6. The Labute approximate surface area is 243 Å². The monoisotopic (exact) mass is 606 g/mol. The first kappa shape index (κ1) is 25.3. The van der Waals surface area contributed by atoms with Crippen LogP contribution in [-0.4, -0.2) is 52.1 Å². The fourth-order valence-electron chi connectivity index (χ4n) is 5.70. The van der Waals surface area contributed by atoms with Crippen molar-refractivity contribution >= 4 is 55.8 Å². The largest absolute Gasteiger partial charge is 0.271 e. The number of imide groups is 1. The third-order valence-corrected chi connectivity index (χ3v) is 8.22. The number of carbonyl (C=O) groups excluding carboxylic acids is 3. The number of anilines is 1. The van der Waals surface area contributed by atoms with Crippen molar-refractivity contribution in [1.29, 1.82) is 0 Å². The molecule has 0 aliphatic carbocycles. The third-order valence-electron chi connectivity index (χ3n) is 7.69. The van der Waals surface area contributed by atoms with Gasteiger partial charge in [-0.1, -0.05) is 100 Å². The Hall–Kier alpha value is -4.70. The molecule has 4 aromatic rings. The normalized spacial score (nSPS) is 21.6. The van der Waals surface area contributed by atoms with Crippen LogP contribution < -0.4 is 4.90 Å². The van der Waals surface area contributed by atoms with Gasteiger partial charge in [-0.25, -0.2) is 9.91 Å². The van der Waals surface area contributed by atoms with Gasteiger partial charge in [-0.2, -0.15) is 10.2 Å². The summed E-state index contributed by atoms with van der Waals surface area (Å²) in [6, 6.07) is 28.3. The Kier molecular flexibility index (Phi) is 6.19. The Morgan fingerprint density at radius 3 is 2.39 bits per heavy atom. The number of fused-ring (bicyclic) bond motifs is 2. The summed E-state index contributed by atoms with van der Waals surface area (Å²) in [4.78, 5) is 42.0. The molecule has 3 aliphatic rings. The lowest BCUT2D eigenvalue weighted by Crippen LogP contribution is -2.44. The molecule has 3 heterocycles. The van der Waals surface area contributed by atoms with Gasteiger partial charge in [0.05, 0.1) is 17.4 Å². The maximum Gasteiger partial charge on any atom is 0.264 e. The highest BCUT2D eigenvalue weighted by molar-refractivity contribution is 9.10. The molecule has 41 heavy (non-hydrogen) atoms. The number of benzene rings is 4. The van der Waals surface area contributed by atoms with E-state index in [0.29, 0.717) is 12.1 Å². The van der Waals surface area contributed by atoms with Crippen molar-refractivity contribution in [3.05, 3.63) is 113 Å². The first-order chi connectivity index (χ1) is 20.0. The molecular weight excluding hydrogens is 584 g/mol. The van der Waals surface area contributed by atoms with E-state index in [0.717, 1.165) is 32.1 Å². The van der Waals surface area contributed by atoms with E-state index in [9.17, 15) is 14.4 Å². The molecule has 0 saturated carbocycles. The second-order valence-corrected chi connectivity index (χ2v) is 11.0. The average molecular weight is 607 g/mol. The van der Waals surface area contributed by atoms with E-state index in [4.69, 9.17) is 5.10 Å². The highest BCUT2D eigenvalue weighted by Gasteiger charge is 2.55. The second-order valence-electron chi connectivity index (χ2n) is 10.1. The predicted octanol–water partition coefficient (Wildman–Crippen LogP) is 5.27. The van der Waals surface area contributed by atoms with Crippen LogP contribution in [0.4, 0.5) is 5.69 Å². The quantitative estimate of drug-likeness (QED) is 0.289. The van der Waals surface area contributed by atoms with Crippen molar-refractivity contribution < 1.29 is 14.4 Å². The van der Waals surface area contributed by atoms with Crippen molar-refractivity contribution in [3.63, 3.8) is 0 Å². The van der Waals surface area contributed by atoms with Crippen LogP contribution in [0.15, 0.2) is 117 Å². The van der Waals surface area contributed by atoms with E-state index in [2.05, 4.69) is 26.3 Å². The number of amides is 3. The van der Waals surface area contributed by atoms with Crippen LogP contribution in [0.5, 0.6) is 0 Å². The number of hydrogen-bond acceptors (Lipinski definition) is 7. The summed E-state index contributed by atoms with van der Waals surface area (Å²) in [5, 5.41) is 17.4. The van der Waals surface area contributed by atoms with Gasteiger partial charge in [-0.05, 0) is 34.7 Å². The van der Waals surface area contributed by atoms with Gasteiger partial charge < -0.3 is 0 Å². The number of halogens is 1. The van der Waals surface area contributed by atoms with Crippen LogP contribution in [0, 0.1) is 0 Å². The van der Waals surface area contributed by atoms with Gasteiger partial charge in [0.25, 0.3) is 17.7 Å². The molecule has 0 N–H and O–H groups in total. The van der Waals surface area contributed by atoms with Crippen LogP contribution in [-0.2, 0) is 14.4 Å². The van der Waals surface area contributed by atoms with Gasteiger partial charge in [0.2, 0.25) is 0 Å². The molecule has 0 spiro atoms. The van der Waals surface area contributed by atoms with E-state index in [1.807, 2.05) is 91.0 Å². The molecular formula is C31H23BrN6O3. The number of rotatable bonds is 5. The summed E-state index contributed by atoms with van der Waals surface area (Å²) in [6.07, 6.45) is 0.539. The van der Waals surface area contributed by atoms with Gasteiger partial charge >= 0.3 is 0 Å². The molecule has 0 bridgehead atoms. The zero-order chi connectivity index (χ0) is 28.1. The molecule has 3 aliphatic heterocycles. The minimum absolute atomic E-state index is 0.243. The molecule has 1 saturated heterocycles. The minimum Gasteiger partial charge on any atom is -0.271 e. The van der Waals surface area contributed by atoms with Crippen molar-refractivity contribution in [1.82, 2.24) is 10.0 Å². The molecule has 10 heteroatoms. The van der Waals surface area contributed by atoms with Crippen molar-refractivity contribution in [3.8, 4) is 0 Å². The Morgan fingerprint density at radius 2 is 1.59 bits per heavy atom. The summed E-state index contributed by atoms with van der Waals surface area (Å²) in [5.41, 5.74) is 3.16. The van der Waals surface area contributed by atoms with Crippen LogP contribution in [0.25, 0.3) is 10.8 Å². The Bertz CT molecular complexity index is 1750. The van der Waals surface area contributed by atoms with Crippen LogP contribution in [0.1, 0.15) is 23.6 Å². The maximum absolute atomic E-state index is 13.8. The second kappa shape index (κ2) is 10.0. The van der Waals surface area contributed by atoms with E-state index in [-0.39, 0.29) is 18.5 Å². The highest BCUT2D eigenvalue weighted by atomic mass is 79.9. The van der Waals surface area contributed by atoms with E-state index in [1.165, 1.54) is 14.9 Å². The molecule has 4 aromatic carbocycles. The first-order valence-electron chi connectivity index (χ1n) is 13.2. The molecule has 1 fully saturated rings. The smallest absolute Gasteiger partial charge is 0.264 e. The predicted molar refractivity (Wildman–Crippen MR) is 157 cm³/mol. The lowest BCUT2D eigenvalue weighted by molar-refractivity contribution is -0.135. The van der Waals surface area contributed by atoms with Gasteiger partial charge in [-0.15, -0.1) is 0 Å². The summed E-state index contributed by atoms with van der Waals surface area (Å²) in [6.45, 7) is -0.243. The lowest BCUT2D eigenvalue weighted by Gasteiger charge is -2.25. The standard InChI is InChI=1S/C31H23BrN6O3/c32-22-15-13-20(14-16-22)24-17-26(21-8-2-1-3-9-21)38(34-24)27(39)18-36-29-28(33-35-36)30(40)37(31(29)41)25-12-6-10-19-7-4-5-11-23(19)25/h1-16,26,28-29H,17-18H2/t26-,28-,29+/m0/s1. The van der Waals surface area contributed by atoms with E-state index in [1.54, 1.807) is 6.07 Å². The fourth-order valence-corrected chi connectivity index (χ4v) is 5.96. The van der Waals surface area contributed by atoms with Crippen molar-refractivity contribution in [2.75, 3.05) is 11.4 Å². The lowest BCUT2D eigenvalue weighted by atomic mass is 9.98. The molecule has 7 rings (SSSR count). The molecule has 3 atom stereocenters. The SMILES string of the molecule is O=C1[C@H]2N=NN(CC(=O)N3N=C(c4ccc(Br)cc4)C[C@H]3c3ccccc3)[C@H]2C(=O)N1c1cccc2ccccc12. The molecule has 202 valence electrons. The summed E-state index contributed by atoms with van der Waals surface area (Å²) >= 11 is 3.46. The highest BCUT2D eigenvalue weighted by Crippen LogP contribution is 2.37. The van der Waals surface area contributed by atoms with Gasteiger partial charge in [0.1, 0.15) is 6.54 Å². The Balaban J connectivity index is 1.16. The summed E-state index contributed by atoms with van der Waals surface area (Å²) in [5.74, 6) is -1.24. The van der Waals surface area contributed by atoms with Gasteiger partial charge in [0.15, 0.2) is 12.1 Å². The third kappa shape index (κ3) is 4.31. The van der Waals surface area contributed by atoms with Crippen molar-refractivity contribution in [2.24, 2.45) is 15.4 Å². The van der Waals surface area contributed by atoms with Crippen LogP contribution >= 0.6 is 15.9 Å². The molecule has 0 unspecified atom stereocenters. The zero-order valence-corrected chi connectivity index (χ0v) is 23.3. The summed E-state index contributed by atoms with van der Waals surface area (Å²) in [7, 11) is 0.